The van der Waals surface area contributed by atoms with E-state index in [0.717, 1.165) is 23.4 Å². The fraction of sp³-hybridized carbons (Fsp3) is 0.391. The molecule has 3 heterocycles. The molecule has 1 aromatic carbocycles. The lowest BCUT2D eigenvalue weighted by atomic mass is 9.73. The summed E-state index contributed by atoms with van der Waals surface area (Å²) in [5, 5.41) is 3.84. The van der Waals surface area contributed by atoms with E-state index in [1.54, 1.807) is 17.3 Å². The van der Waals surface area contributed by atoms with Crippen molar-refractivity contribution in [2.24, 2.45) is 11.8 Å². The van der Waals surface area contributed by atoms with E-state index in [4.69, 9.17) is 4.74 Å². The number of halogens is 1. The van der Waals surface area contributed by atoms with Crippen LogP contribution in [0.4, 0.5) is 9.18 Å². The van der Waals surface area contributed by atoms with Crippen LogP contribution in [0.1, 0.15) is 31.4 Å². The summed E-state index contributed by atoms with van der Waals surface area (Å²) >= 11 is 0. The summed E-state index contributed by atoms with van der Waals surface area (Å²) in [6.07, 6.45) is 10.6. The van der Waals surface area contributed by atoms with Crippen molar-refractivity contribution in [3.05, 3.63) is 60.2 Å². The van der Waals surface area contributed by atoms with Crippen molar-refractivity contribution in [3.63, 3.8) is 0 Å². The number of carbonyl (C=O) groups excluding carboxylic acids is 1. The zero-order valence-corrected chi connectivity index (χ0v) is 16.2. The maximum atomic E-state index is 13.5. The predicted molar refractivity (Wildman–Crippen MR) is 108 cm³/mol. The van der Waals surface area contributed by atoms with Gasteiger partial charge in [0.25, 0.3) is 0 Å². The van der Waals surface area contributed by atoms with Gasteiger partial charge in [-0.1, -0.05) is 37.1 Å². The maximum absolute atomic E-state index is 13.5. The Hall–Kier alpha value is -2.73. The second kappa shape index (κ2) is 7.59. The minimum Gasteiger partial charge on any atom is -0.431 e. The van der Waals surface area contributed by atoms with Crippen molar-refractivity contribution in [2.75, 3.05) is 13.3 Å². The number of cyclic esters (lactones) is 1. The van der Waals surface area contributed by atoms with Gasteiger partial charge in [-0.25, -0.2) is 14.2 Å². The average Bonchev–Trinajstić information content (AvgIpc) is 3.12. The molecule has 150 valence electrons. The second-order valence-electron chi connectivity index (χ2n) is 8.10. The first kappa shape index (κ1) is 18.3. The van der Waals surface area contributed by atoms with Gasteiger partial charge >= 0.3 is 6.09 Å². The maximum Gasteiger partial charge on any atom is 0.425 e. The quantitative estimate of drug-likeness (QED) is 0.757. The normalized spacial score (nSPS) is 27.0. The van der Waals surface area contributed by atoms with E-state index >= 15 is 0 Å². The van der Waals surface area contributed by atoms with Gasteiger partial charge in [-0.15, -0.1) is 0 Å². The second-order valence-corrected chi connectivity index (χ2v) is 8.10. The number of pyridine rings is 1. The minimum absolute atomic E-state index is 0.144. The van der Waals surface area contributed by atoms with E-state index in [1.165, 1.54) is 37.8 Å². The lowest BCUT2D eigenvalue weighted by Gasteiger charge is -2.47. The standard InChI is InChI=1S/C23H24FN3O2/c24-19-6-3-5-16(12-19)17-8-9-20(25-13-17)10-11-22-21-7-2-1-4-18(21)14-26-23(28)29-15-27(22)26/h3,5-6,8-13,18,21-22H,1-2,4,7,14-15H2. The zero-order valence-electron chi connectivity index (χ0n) is 16.2. The summed E-state index contributed by atoms with van der Waals surface area (Å²) in [6, 6.07) is 10.6. The van der Waals surface area contributed by atoms with Gasteiger partial charge in [-0.3, -0.25) is 4.98 Å². The number of ether oxygens (including phenoxy) is 1. The summed E-state index contributed by atoms with van der Waals surface area (Å²) in [7, 11) is 0. The number of amides is 1. The first-order chi connectivity index (χ1) is 14.2. The molecule has 3 unspecified atom stereocenters. The van der Waals surface area contributed by atoms with E-state index < -0.39 is 0 Å². The van der Waals surface area contributed by atoms with Gasteiger partial charge < -0.3 is 4.74 Å². The molecule has 2 aliphatic heterocycles. The number of benzene rings is 1. The van der Waals surface area contributed by atoms with Gasteiger partial charge in [0.15, 0.2) is 6.73 Å². The Bertz CT molecular complexity index is 930. The Balaban J connectivity index is 1.37. The Morgan fingerprint density at radius 1 is 1.14 bits per heavy atom. The van der Waals surface area contributed by atoms with Crippen LogP contribution in [-0.4, -0.2) is 40.4 Å². The van der Waals surface area contributed by atoms with Crippen molar-refractivity contribution >= 4 is 12.2 Å². The summed E-state index contributed by atoms with van der Waals surface area (Å²) in [4.78, 5) is 16.6. The Morgan fingerprint density at radius 2 is 2.03 bits per heavy atom. The molecule has 1 aromatic heterocycles. The fourth-order valence-corrected chi connectivity index (χ4v) is 4.93. The van der Waals surface area contributed by atoms with Crippen LogP contribution < -0.4 is 0 Å². The highest BCUT2D eigenvalue weighted by atomic mass is 19.1. The van der Waals surface area contributed by atoms with Crippen molar-refractivity contribution in [1.82, 2.24) is 15.0 Å². The number of fused-ring (bicyclic) bond motifs is 2. The zero-order chi connectivity index (χ0) is 19.8. The van der Waals surface area contributed by atoms with Gasteiger partial charge in [0.05, 0.1) is 11.7 Å². The average molecular weight is 393 g/mol. The van der Waals surface area contributed by atoms with Gasteiger partial charge in [-0.05, 0) is 54.5 Å². The molecule has 1 aliphatic carbocycles. The van der Waals surface area contributed by atoms with Gasteiger partial charge in [0.1, 0.15) is 5.82 Å². The smallest absolute Gasteiger partial charge is 0.425 e. The lowest BCUT2D eigenvalue weighted by Crippen LogP contribution is -2.57. The number of hydrogen-bond acceptors (Lipinski definition) is 4. The Morgan fingerprint density at radius 3 is 2.86 bits per heavy atom. The van der Waals surface area contributed by atoms with Crippen molar-refractivity contribution in [2.45, 2.75) is 31.7 Å². The SMILES string of the molecule is O=C1OCN2C(C=Cc3ccc(-c4cccc(F)c4)cn3)C3CCCCC3CN12. The summed E-state index contributed by atoms with van der Waals surface area (Å²) in [5.74, 6) is 0.818. The third-order valence-corrected chi connectivity index (χ3v) is 6.41. The van der Waals surface area contributed by atoms with Crippen LogP contribution in [0.15, 0.2) is 48.7 Å². The van der Waals surface area contributed by atoms with E-state index in [2.05, 4.69) is 16.1 Å². The molecule has 3 fully saturated rings. The molecule has 1 amide bonds. The molecule has 2 aromatic rings. The molecule has 0 spiro atoms. The Labute approximate surface area is 169 Å². The number of nitrogens with zero attached hydrogens (tertiary/aromatic N) is 3. The molecule has 5 nitrogen and oxygen atoms in total. The highest BCUT2D eigenvalue weighted by Crippen LogP contribution is 2.41. The lowest BCUT2D eigenvalue weighted by molar-refractivity contribution is -0.0799. The number of hydrogen-bond donors (Lipinski definition) is 0. The first-order valence-corrected chi connectivity index (χ1v) is 10.3. The van der Waals surface area contributed by atoms with E-state index in [9.17, 15) is 9.18 Å². The van der Waals surface area contributed by atoms with Crippen LogP contribution >= 0.6 is 0 Å². The largest absolute Gasteiger partial charge is 0.431 e. The number of carbonyl (C=O) groups is 1. The third-order valence-electron chi connectivity index (χ3n) is 6.41. The van der Waals surface area contributed by atoms with Crippen molar-refractivity contribution in [3.8, 4) is 11.1 Å². The van der Waals surface area contributed by atoms with Gasteiger partial charge in [-0.2, -0.15) is 5.01 Å². The van der Waals surface area contributed by atoms with Gasteiger partial charge in [0, 0.05) is 18.3 Å². The monoisotopic (exact) mass is 393 g/mol. The van der Waals surface area contributed by atoms with Crippen LogP contribution in [0, 0.1) is 17.7 Å². The molecular weight excluding hydrogens is 369 g/mol. The molecule has 29 heavy (non-hydrogen) atoms. The number of rotatable bonds is 3. The minimum atomic E-state index is -0.252. The van der Waals surface area contributed by atoms with Crippen LogP contribution in [0.2, 0.25) is 0 Å². The van der Waals surface area contributed by atoms with Gasteiger partial charge in [0.2, 0.25) is 0 Å². The summed E-state index contributed by atoms with van der Waals surface area (Å²) < 4.78 is 18.8. The summed E-state index contributed by atoms with van der Waals surface area (Å²) in [5.41, 5.74) is 2.55. The first-order valence-electron chi connectivity index (χ1n) is 10.3. The van der Waals surface area contributed by atoms with Crippen molar-refractivity contribution < 1.29 is 13.9 Å². The molecule has 6 heteroatoms. The third kappa shape index (κ3) is 3.53. The van der Waals surface area contributed by atoms with E-state index in [0.29, 0.717) is 18.6 Å². The van der Waals surface area contributed by atoms with E-state index in [-0.39, 0.29) is 18.0 Å². The summed E-state index contributed by atoms with van der Waals surface area (Å²) in [6.45, 7) is 1.09. The van der Waals surface area contributed by atoms with Crippen LogP contribution in [0.5, 0.6) is 0 Å². The van der Waals surface area contributed by atoms with Crippen molar-refractivity contribution in [1.29, 1.82) is 0 Å². The fourth-order valence-electron chi connectivity index (χ4n) is 4.93. The highest BCUT2D eigenvalue weighted by molar-refractivity contribution is 5.69. The molecule has 3 aliphatic rings. The number of aromatic nitrogens is 1. The molecule has 0 N–H and O–H groups in total. The van der Waals surface area contributed by atoms with Crippen LogP contribution in [0.25, 0.3) is 17.2 Å². The molecule has 0 radical (unpaired) electrons. The molecule has 2 saturated heterocycles. The molecule has 1 saturated carbocycles. The highest BCUT2D eigenvalue weighted by Gasteiger charge is 2.47. The molecule has 0 bridgehead atoms. The molecule has 5 rings (SSSR count). The molecular formula is C23H24FN3O2. The van der Waals surface area contributed by atoms with Crippen LogP contribution in [-0.2, 0) is 4.74 Å². The van der Waals surface area contributed by atoms with Crippen LogP contribution in [0.3, 0.4) is 0 Å². The Kier molecular flexibility index (Phi) is 4.79. The molecule has 3 atom stereocenters. The number of hydrazine groups is 1. The topological polar surface area (TPSA) is 45.7 Å². The van der Waals surface area contributed by atoms with E-state index in [1.807, 2.05) is 24.3 Å². The predicted octanol–water partition coefficient (Wildman–Crippen LogP) is 4.72.